The van der Waals surface area contributed by atoms with Gasteiger partial charge in [-0.15, -0.1) is 13.2 Å². The summed E-state index contributed by atoms with van der Waals surface area (Å²) in [5, 5.41) is 11.3. The van der Waals surface area contributed by atoms with Crippen LogP contribution >= 0.6 is 0 Å². The summed E-state index contributed by atoms with van der Waals surface area (Å²) in [6.45, 7) is 3.41. The first-order valence-electron chi connectivity index (χ1n) is 7.33. The third-order valence-electron chi connectivity index (χ3n) is 3.50. The molecule has 24 heavy (non-hydrogen) atoms. The topological polar surface area (TPSA) is 68.6 Å². The average molecular weight is 342 g/mol. The Morgan fingerprint density at radius 2 is 1.75 bits per heavy atom. The second-order valence-electron chi connectivity index (χ2n) is 5.33. The number of rotatable bonds is 5. The van der Waals surface area contributed by atoms with Crippen molar-refractivity contribution in [2.24, 2.45) is 0 Å². The molecule has 1 aromatic carbocycles. The van der Waals surface area contributed by atoms with Crippen LogP contribution in [0.5, 0.6) is 5.75 Å². The van der Waals surface area contributed by atoms with Crippen LogP contribution in [0.15, 0.2) is 24.3 Å². The largest absolute Gasteiger partial charge is 0.573 e. The maximum Gasteiger partial charge on any atom is 0.573 e. The zero-order valence-electron chi connectivity index (χ0n) is 12.8. The van der Waals surface area contributed by atoms with E-state index in [1.54, 1.807) is 0 Å². The lowest BCUT2D eigenvalue weighted by atomic mass is 10.3. The molecule has 0 bridgehead atoms. The van der Waals surface area contributed by atoms with Crippen LogP contribution in [0, 0.1) is 11.3 Å². The molecule has 6 nitrogen and oxygen atoms in total. The molecule has 0 saturated carbocycles. The van der Waals surface area contributed by atoms with Crippen LogP contribution in [0.3, 0.4) is 0 Å². The molecule has 0 unspecified atom stereocenters. The van der Waals surface area contributed by atoms with E-state index >= 15 is 0 Å². The Bertz CT molecular complexity index is 590. The van der Waals surface area contributed by atoms with E-state index in [1.807, 2.05) is 9.80 Å². The molecule has 0 spiro atoms. The first-order chi connectivity index (χ1) is 11.4. The molecule has 1 saturated heterocycles. The molecule has 2 rings (SSSR count). The number of nitrogens with zero attached hydrogens (tertiary/aromatic N) is 3. The molecule has 1 heterocycles. The van der Waals surface area contributed by atoms with Crippen molar-refractivity contribution < 1.29 is 22.7 Å². The Hall–Kier alpha value is -2.31. The first-order valence-corrected chi connectivity index (χ1v) is 7.33. The third-order valence-corrected chi connectivity index (χ3v) is 3.50. The van der Waals surface area contributed by atoms with Crippen LogP contribution in [-0.2, 0) is 4.79 Å². The molecule has 9 heteroatoms. The van der Waals surface area contributed by atoms with E-state index in [0.717, 1.165) is 25.2 Å². The van der Waals surface area contributed by atoms with Crippen LogP contribution in [0.4, 0.5) is 18.9 Å². The summed E-state index contributed by atoms with van der Waals surface area (Å²) in [5.74, 6) is -0.581. The van der Waals surface area contributed by atoms with E-state index in [9.17, 15) is 18.0 Å². The quantitative estimate of drug-likeness (QED) is 0.825. The number of carbonyl (C=O) groups excluding carboxylic acids is 1. The minimum atomic E-state index is -4.74. The summed E-state index contributed by atoms with van der Waals surface area (Å²) in [7, 11) is 0. The standard InChI is InChI=1S/C15H17F3N4O2/c16-15(17,18)24-13-3-1-12(2-4-13)20-14(23)11-22-9-7-21(6-5-19)8-10-22/h1-4H,6-11H2,(H,20,23). The number of piperazine rings is 1. The van der Waals surface area contributed by atoms with Crippen molar-refractivity contribution in [1.29, 1.82) is 5.26 Å². The van der Waals surface area contributed by atoms with Gasteiger partial charge in [0.15, 0.2) is 0 Å². The molecule has 0 atom stereocenters. The lowest BCUT2D eigenvalue weighted by Gasteiger charge is -2.32. The minimum Gasteiger partial charge on any atom is -0.406 e. The minimum absolute atomic E-state index is 0.196. The molecule has 130 valence electrons. The van der Waals surface area contributed by atoms with Crippen molar-refractivity contribution in [3.63, 3.8) is 0 Å². The fraction of sp³-hybridized carbons (Fsp3) is 0.467. The van der Waals surface area contributed by atoms with Crippen molar-refractivity contribution in [2.75, 3.05) is 44.6 Å². The molecule has 1 N–H and O–H groups in total. The Morgan fingerprint density at radius 3 is 2.29 bits per heavy atom. The molecular formula is C15H17F3N4O2. The van der Waals surface area contributed by atoms with Crippen molar-refractivity contribution in [1.82, 2.24) is 9.80 Å². The smallest absolute Gasteiger partial charge is 0.406 e. The fourth-order valence-electron chi connectivity index (χ4n) is 2.35. The molecule has 1 fully saturated rings. The van der Waals surface area contributed by atoms with E-state index in [1.165, 1.54) is 12.1 Å². The second-order valence-corrected chi connectivity index (χ2v) is 5.33. The molecule has 0 aromatic heterocycles. The number of ether oxygens (including phenoxy) is 1. The fourth-order valence-corrected chi connectivity index (χ4v) is 2.35. The molecule has 1 aliphatic heterocycles. The van der Waals surface area contributed by atoms with Gasteiger partial charge in [0.05, 0.1) is 19.2 Å². The summed E-state index contributed by atoms with van der Waals surface area (Å²) < 4.78 is 40.0. The monoisotopic (exact) mass is 342 g/mol. The average Bonchev–Trinajstić information content (AvgIpc) is 2.50. The van der Waals surface area contributed by atoms with Gasteiger partial charge in [0, 0.05) is 31.9 Å². The number of hydrogen-bond acceptors (Lipinski definition) is 5. The number of amides is 1. The van der Waals surface area contributed by atoms with E-state index < -0.39 is 6.36 Å². The number of anilines is 1. The zero-order chi connectivity index (χ0) is 17.6. The van der Waals surface area contributed by atoms with Crippen LogP contribution in [0.2, 0.25) is 0 Å². The highest BCUT2D eigenvalue weighted by atomic mass is 19.4. The normalized spacial score (nSPS) is 16.4. The van der Waals surface area contributed by atoms with Crippen molar-refractivity contribution in [3.05, 3.63) is 24.3 Å². The maximum absolute atomic E-state index is 12.1. The van der Waals surface area contributed by atoms with Gasteiger partial charge >= 0.3 is 6.36 Å². The zero-order valence-corrected chi connectivity index (χ0v) is 12.8. The molecule has 1 amide bonds. The van der Waals surface area contributed by atoms with Crippen LogP contribution in [-0.4, -0.2) is 61.3 Å². The Kier molecular flexibility index (Phi) is 6.00. The SMILES string of the molecule is N#CCN1CCN(CC(=O)Nc2ccc(OC(F)(F)F)cc2)CC1. The number of carbonyl (C=O) groups is 1. The highest BCUT2D eigenvalue weighted by Crippen LogP contribution is 2.23. The van der Waals surface area contributed by atoms with Crippen molar-refractivity contribution in [3.8, 4) is 11.8 Å². The summed E-state index contributed by atoms with van der Waals surface area (Å²) in [5.41, 5.74) is 0.401. The number of hydrogen-bond donors (Lipinski definition) is 1. The predicted octanol–water partition coefficient (Wildman–Crippen LogP) is 1.66. The Balaban J connectivity index is 1.77. The highest BCUT2D eigenvalue weighted by Gasteiger charge is 2.31. The molecule has 1 aromatic rings. The number of nitrogens with one attached hydrogen (secondary N) is 1. The predicted molar refractivity (Wildman–Crippen MR) is 80.2 cm³/mol. The number of alkyl halides is 3. The summed E-state index contributed by atoms with van der Waals surface area (Å²) in [6, 6.07) is 7.08. The molecule has 0 radical (unpaired) electrons. The van der Waals surface area contributed by atoms with Crippen LogP contribution in [0.1, 0.15) is 0 Å². The lowest BCUT2D eigenvalue weighted by molar-refractivity contribution is -0.274. The summed E-state index contributed by atoms with van der Waals surface area (Å²) in [4.78, 5) is 15.9. The lowest BCUT2D eigenvalue weighted by Crippen LogP contribution is -2.48. The third kappa shape index (κ3) is 6.06. The maximum atomic E-state index is 12.1. The summed E-state index contributed by atoms with van der Waals surface area (Å²) >= 11 is 0. The van der Waals surface area contributed by atoms with Gasteiger partial charge in [0.2, 0.25) is 5.91 Å². The van der Waals surface area contributed by atoms with E-state index in [0.29, 0.717) is 25.3 Å². The molecule has 1 aliphatic rings. The van der Waals surface area contributed by atoms with Gasteiger partial charge in [0.1, 0.15) is 5.75 Å². The number of benzene rings is 1. The Labute approximate surface area is 137 Å². The van der Waals surface area contributed by atoms with E-state index in [2.05, 4.69) is 16.1 Å². The molecule has 0 aliphatic carbocycles. The van der Waals surface area contributed by atoms with Gasteiger partial charge in [-0.1, -0.05) is 0 Å². The Morgan fingerprint density at radius 1 is 1.17 bits per heavy atom. The van der Waals surface area contributed by atoms with Gasteiger partial charge in [-0.25, -0.2) is 0 Å². The van der Waals surface area contributed by atoms with E-state index in [4.69, 9.17) is 5.26 Å². The first kappa shape index (κ1) is 18.0. The van der Waals surface area contributed by atoms with Crippen molar-refractivity contribution >= 4 is 11.6 Å². The summed E-state index contributed by atoms with van der Waals surface area (Å²) in [6.07, 6.45) is -4.74. The van der Waals surface area contributed by atoms with Gasteiger partial charge in [-0.2, -0.15) is 5.26 Å². The van der Waals surface area contributed by atoms with Crippen LogP contribution in [0.25, 0.3) is 0 Å². The highest BCUT2D eigenvalue weighted by molar-refractivity contribution is 5.92. The molecular weight excluding hydrogens is 325 g/mol. The van der Waals surface area contributed by atoms with Gasteiger partial charge in [-0.05, 0) is 24.3 Å². The number of nitriles is 1. The van der Waals surface area contributed by atoms with Gasteiger partial charge < -0.3 is 10.1 Å². The van der Waals surface area contributed by atoms with Gasteiger partial charge in [0.25, 0.3) is 0 Å². The van der Waals surface area contributed by atoms with Gasteiger partial charge in [-0.3, -0.25) is 14.6 Å². The van der Waals surface area contributed by atoms with Crippen molar-refractivity contribution in [2.45, 2.75) is 6.36 Å². The second kappa shape index (κ2) is 7.99. The van der Waals surface area contributed by atoms with Crippen LogP contribution < -0.4 is 10.1 Å². The number of halogens is 3. The van der Waals surface area contributed by atoms with E-state index in [-0.39, 0.29) is 18.2 Å².